The van der Waals surface area contributed by atoms with Gasteiger partial charge in [0.1, 0.15) is 5.82 Å². The minimum absolute atomic E-state index is 0.155. The third-order valence-electron chi connectivity index (χ3n) is 6.38. The van der Waals surface area contributed by atoms with E-state index >= 15 is 0 Å². The number of hydrogen-bond acceptors (Lipinski definition) is 4. The van der Waals surface area contributed by atoms with E-state index in [9.17, 15) is 22.8 Å². The van der Waals surface area contributed by atoms with Crippen molar-refractivity contribution in [2.75, 3.05) is 24.5 Å². The number of alkyl halides is 3. The van der Waals surface area contributed by atoms with E-state index in [-0.39, 0.29) is 17.2 Å². The highest BCUT2D eigenvalue weighted by Crippen LogP contribution is 2.43. The molecule has 2 saturated heterocycles. The molecule has 8 nitrogen and oxygen atoms in total. The van der Waals surface area contributed by atoms with Crippen molar-refractivity contribution in [2.24, 2.45) is 12.5 Å². The number of aryl methyl sites for hydroxylation is 2. The van der Waals surface area contributed by atoms with Crippen LogP contribution >= 0.6 is 0 Å². The molecule has 3 heterocycles. The molecular weight excluding hydrogens is 453 g/mol. The number of likely N-dealkylation sites (tertiary alicyclic amines) is 1. The number of carbonyl (C=O) groups is 3. The first-order valence-corrected chi connectivity index (χ1v) is 10.9. The Kier molecular flexibility index (Phi) is 7.32. The Labute approximate surface area is 194 Å². The molecule has 4 rings (SSSR count). The van der Waals surface area contributed by atoms with Crippen LogP contribution in [0, 0.1) is 12.3 Å². The van der Waals surface area contributed by atoms with Gasteiger partial charge in [0.2, 0.25) is 11.8 Å². The third kappa shape index (κ3) is 5.57. The lowest BCUT2D eigenvalue weighted by atomic mass is 9.77. The minimum Gasteiger partial charge on any atom is -0.475 e. The van der Waals surface area contributed by atoms with E-state index in [1.165, 1.54) is 5.56 Å². The van der Waals surface area contributed by atoms with Crippen LogP contribution in [0.4, 0.5) is 19.0 Å². The molecule has 0 saturated carbocycles. The number of piperidine rings is 1. The van der Waals surface area contributed by atoms with Gasteiger partial charge in [-0.3, -0.25) is 19.2 Å². The van der Waals surface area contributed by atoms with Crippen molar-refractivity contribution < 1.29 is 32.7 Å². The second-order valence-corrected chi connectivity index (χ2v) is 8.65. The van der Waals surface area contributed by atoms with Gasteiger partial charge in [-0.25, -0.2) is 4.79 Å². The summed E-state index contributed by atoms with van der Waals surface area (Å²) in [5.74, 6) is -1.55. The quantitative estimate of drug-likeness (QED) is 0.729. The topological polar surface area (TPSA) is 95.7 Å². The van der Waals surface area contributed by atoms with E-state index in [0.29, 0.717) is 19.5 Å². The molecule has 2 aliphatic heterocycles. The summed E-state index contributed by atoms with van der Waals surface area (Å²) in [6.07, 6.45) is -0.570. The van der Waals surface area contributed by atoms with Gasteiger partial charge in [0, 0.05) is 32.7 Å². The molecule has 34 heavy (non-hydrogen) atoms. The molecule has 0 bridgehead atoms. The number of carboxylic acid groups (broad SMARTS) is 1. The van der Waals surface area contributed by atoms with Crippen molar-refractivity contribution in [1.82, 2.24) is 14.7 Å². The average Bonchev–Trinajstić information content (AvgIpc) is 3.33. The maximum absolute atomic E-state index is 13.1. The van der Waals surface area contributed by atoms with E-state index in [4.69, 9.17) is 9.90 Å². The molecule has 2 aliphatic rings. The van der Waals surface area contributed by atoms with E-state index < -0.39 is 12.1 Å². The Morgan fingerprint density at radius 2 is 1.62 bits per heavy atom. The molecule has 11 heteroatoms. The molecule has 0 radical (unpaired) electrons. The van der Waals surface area contributed by atoms with Gasteiger partial charge in [-0.1, -0.05) is 29.8 Å². The molecule has 0 unspecified atom stereocenters. The van der Waals surface area contributed by atoms with Gasteiger partial charge in [0.25, 0.3) is 0 Å². The number of aromatic nitrogens is 2. The van der Waals surface area contributed by atoms with Crippen LogP contribution in [0.2, 0.25) is 0 Å². The number of aliphatic carboxylic acids is 1. The lowest BCUT2D eigenvalue weighted by Crippen LogP contribution is -2.47. The van der Waals surface area contributed by atoms with Crippen LogP contribution in [0.5, 0.6) is 0 Å². The fourth-order valence-corrected chi connectivity index (χ4v) is 4.31. The third-order valence-corrected chi connectivity index (χ3v) is 6.38. The summed E-state index contributed by atoms with van der Waals surface area (Å²) in [5.41, 5.74) is 1.93. The number of carboxylic acids is 1. The number of benzene rings is 1. The molecule has 0 aliphatic carbocycles. The minimum atomic E-state index is -5.08. The number of nitrogens with zero attached hydrogens (tertiary/aromatic N) is 4. The summed E-state index contributed by atoms with van der Waals surface area (Å²) < 4.78 is 33.5. The zero-order valence-corrected chi connectivity index (χ0v) is 19.0. The largest absolute Gasteiger partial charge is 0.490 e. The second-order valence-electron chi connectivity index (χ2n) is 8.65. The van der Waals surface area contributed by atoms with Crippen molar-refractivity contribution in [3.8, 4) is 0 Å². The first-order valence-electron chi connectivity index (χ1n) is 10.9. The van der Waals surface area contributed by atoms with Crippen molar-refractivity contribution in [3.05, 3.63) is 47.7 Å². The van der Waals surface area contributed by atoms with Gasteiger partial charge in [0.15, 0.2) is 0 Å². The molecule has 1 aromatic heterocycles. The molecule has 2 fully saturated rings. The molecule has 1 N–H and O–H groups in total. The maximum atomic E-state index is 13.1. The molecule has 1 aromatic carbocycles. The Morgan fingerprint density at radius 3 is 2.12 bits per heavy atom. The standard InChI is InChI=1S/C21H26N4O2.C2HF3O2/c1-16-3-5-17(6-4-16)15-19(26)24-12-8-21(9-13-24)10-14-25(20(21)27)18-7-11-22-23(18)2;3-2(4,5)1(6)7/h3-7,11H,8-10,12-15H2,1-2H3;(H,6,7). The number of rotatable bonds is 3. The molecule has 2 amide bonds. The summed E-state index contributed by atoms with van der Waals surface area (Å²) >= 11 is 0. The van der Waals surface area contributed by atoms with Crippen molar-refractivity contribution in [3.63, 3.8) is 0 Å². The van der Waals surface area contributed by atoms with Gasteiger partial charge in [0.05, 0.1) is 18.0 Å². The molecule has 184 valence electrons. The Morgan fingerprint density at radius 1 is 1.06 bits per heavy atom. The molecule has 0 atom stereocenters. The highest BCUT2D eigenvalue weighted by atomic mass is 19.4. The zero-order valence-electron chi connectivity index (χ0n) is 19.0. The fraction of sp³-hybridized carbons (Fsp3) is 0.478. The van der Waals surface area contributed by atoms with Gasteiger partial charge >= 0.3 is 12.1 Å². The SMILES string of the molecule is Cc1ccc(CC(=O)N2CCC3(CC2)CCN(c2ccnn2C)C3=O)cc1.O=C(O)C(F)(F)F. The molecule has 1 spiro atoms. The predicted octanol–water partition coefficient (Wildman–Crippen LogP) is 2.95. The van der Waals surface area contributed by atoms with Gasteiger partial charge < -0.3 is 10.0 Å². The van der Waals surface area contributed by atoms with Gasteiger partial charge in [-0.05, 0) is 31.7 Å². The van der Waals surface area contributed by atoms with Crippen molar-refractivity contribution in [2.45, 2.75) is 38.8 Å². The lowest BCUT2D eigenvalue weighted by Gasteiger charge is -2.38. The van der Waals surface area contributed by atoms with Crippen LogP contribution in [0.25, 0.3) is 0 Å². The van der Waals surface area contributed by atoms with Crippen LogP contribution in [0.15, 0.2) is 36.5 Å². The Bertz CT molecular complexity index is 1040. The van der Waals surface area contributed by atoms with Crippen LogP contribution < -0.4 is 4.90 Å². The summed E-state index contributed by atoms with van der Waals surface area (Å²) in [4.78, 5) is 38.4. The van der Waals surface area contributed by atoms with E-state index in [1.54, 1.807) is 10.9 Å². The summed E-state index contributed by atoms with van der Waals surface area (Å²) in [5, 5.41) is 11.3. The Hall–Kier alpha value is -3.37. The van der Waals surface area contributed by atoms with Gasteiger partial charge in [-0.2, -0.15) is 18.3 Å². The maximum Gasteiger partial charge on any atom is 0.490 e. The molecular formula is C23H27F3N4O4. The van der Waals surface area contributed by atoms with Crippen LogP contribution in [-0.4, -0.2) is 63.4 Å². The number of amides is 2. The monoisotopic (exact) mass is 480 g/mol. The fourth-order valence-electron chi connectivity index (χ4n) is 4.31. The number of hydrogen-bond donors (Lipinski definition) is 1. The highest BCUT2D eigenvalue weighted by Gasteiger charge is 2.49. The number of halogens is 3. The van der Waals surface area contributed by atoms with Crippen molar-refractivity contribution >= 4 is 23.6 Å². The van der Waals surface area contributed by atoms with Gasteiger partial charge in [-0.15, -0.1) is 0 Å². The van der Waals surface area contributed by atoms with E-state index in [2.05, 4.69) is 5.10 Å². The predicted molar refractivity (Wildman–Crippen MR) is 117 cm³/mol. The van der Waals surface area contributed by atoms with E-state index in [1.807, 2.05) is 54.1 Å². The first-order chi connectivity index (χ1) is 15.9. The van der Waals surface area contributed by atoms with Crippen LogP contribution in [0.3, 0.4) is 0 Å². The summed E-state index contributed by atoms with van der Waals surface area (Å²) in [7, 11) is 1.86. The van der Waals surface area contributed by atoms with Crippen molar-refractivity contribution in [1.29, 1.82) is 0 Å². The van der Waals surface area contributed by atoms with Crippen LogP contribution in [-0.2, 0) is 27.9 Å². The second kappa shape index (κ2) is 9.86. The Balaban J connectivity index is 0.000000406. The number of anilines is 1. The molecule has 2 aromatic rings. The zero-order chi connectivity index (χ0) is 25.1. The summed E-state index contributed by atoms with van der Waals surface area (Å²) in [6, 6.07) is 10.0. The summed E-state index contributed by atoms with van der Waals surface area (Å²) in [6.45, 7) is 4.10. The first kappa shape index (κ1) is 25.3. The highest BCUT2D eigenvalue weighted by molar-refractivity contribution is 5.99. The smallest absolute Gasteiger partial charge is 0.475 e. The average molecular weight is 480 g/mol. The lowest BCUT2D eigenvalue weighted by molar-refractivity contribution is -0.192. The van der Waals surface area contributed by atoms with Crippen LogP contribution in [0.1, 0.15) is 30.4 Å². The normalized spacial score (nSPS) is 17.5. The number of carbonyl (C=O) groups excluding carboxylic acids is 2. The van der Waals surface area contributed by atoms with E-state index in [0.717, 1.165) is 37.2 Å².